The maximum Gasteiger partial charge on any atom is 0.352 e. The molecule has 4 aliphatic rings. The molecule has 45 heavy (non-hydrogen) atoms. The topological polar surface area (TPSA) is 134 Å². The quantitative estimate of drug-likeness (QED) is 0.375. The normalized spacial score (nSPS) is 34.9. The van der Waals surface area contributed by atoms with Crippen LogP contribution in [0.1, 0.15) is 56.3 Å². The Balaban J connectivity index is 1.34. The van der Waals surface area contributed by atoms with Crippen LogP contribution >= 0.6 is 11.8 Å². The third kappa shape index (κ3) is 4.62. The molecule has 0 heterocycles. The molecule has 10 heteroatoms. The van der Waals surface area contributed by atoms with Crippen molar-refractivity contribution in [1.82, 2.24) is 0 Å². The molecular weight excluding hydrogens is 597 g/mol. The summed E-state index contributed by atoms with van der Waals surface area (Å²) in [6.07, 6.45) is 3.66. The van der Waals surface area contributed by atoms with Gasteiger partial charge in [-0.1, -0.05) is 48.5 Å². The van der Waals surface area contributed by atoms with Gasteiger partial charge in [0, 0.05) is 21.6 Å². The summed E-state index contributed by atoms with van der Waals surface area (Å²) >= 11 is 1.32. The number of esters is 2. The Kier molecular flexibility index (Phi) is 7.69. The average molecular weight is 632 g/mol. The van der Waals surface area contributed by atoms with Crippen LogP contribution < -0.4 is 0 Å². The van der Waals surface area contributed by atoms with Crippen molar-refractivity contribution >= 4 is 29.5 Å². The molecular formula is C35H34FNO7S. The first kappa shape index (κ1) is 31.1. The molecule has 0 aliphatic heterocycles. The van der Waals surface area contributed by atoms with Gasteiger partial charge in [-0.2, -0.15) is 5.26 Å². The highest BCUT2D eigenvalue weighted by Crippen LogP contribution is 2.70. The third-order valence-corrected chi connectivity index (χ3v) is 11.9. The van der Waals surface area contributed by atoms with E-state index in [9.17, 15) is 24.6 Å². The van der Waals surface area contributed by atoms with E-state index in [1.54, 1.807) is 32.1 Å². The number of aromatic hydroxyl groups is 1. The van der Waals surface area contributed by atoms with Gasteiger partial charge in [0.2, 0.25) is 5.60 Å². The number of halogens is 1. The fraction of sp³-hybridized carbons (Fsp3) is 0.429. The van der Waals surface area contributed by atoms with E-state index in [1.807, 2.05) is 30.3 Å². The van der Waals surface area contributed by atoms with E-state index in [0.717, 1.165) is 4.90 Å². The summed E-state index contributed by atoms with van der Waals surface area (Å²) in [7, 11) is 0. The maximum absolute atomic E-state index is 17.5. The SMILES string of the molecule is C[C@]12C=CC(=O)C=C1CC[C@H]1[C@@H]3CCC(OC(=O)c4ccc(Sc5ccccc5)c(O)c4)(C(=O)OCC#N)[C@@]3(C)C[C@H](O)C12F. The summed E-state index contributed by atoms with van der Waals surface area (Å²) in [6.45, 7) is 2.85. The smallest absolute Gasteiger partial charge is 0.352 e. The second-order valence-electron chi connectivity index (χ2n) is 12.9. The number of rotatable bonds is 6. The molecule has 0 aromatic heterocycles. The highest BCUT2D eigenvalue weighted by atomic mass is 32.2. The number of phenolic OH excluding ortho intramolecular Hbond substituents is 1. The third-order valence-electron chi connectivity index (χ3n) is 10.8. The van der Waals surface area contributed by atoms with Crippen LogP contribution in [-0.2, 0) is 19.1 Å². The Morgan fingerprint density at radius 1 is 1.13 bits per heavy atom. The van der Waals surface area contributed by atoms with Gasteiger partial charge in [-0.05, 0) is 87.4 Å². The minimum Gasteiger partial charge on any atom is -0.507 e. The number of fused-ring (bicyclic) bond motifs is 5. The number of alkyl halides is 1. The first-order valence-corrected chi connectivity index (χ1v) is 15.9. The van der Waals surface area contributed by atoms with E-state index in [4.69, 9.17) is 14.7 Å². The number of phenols is 1. The molecule has 0 saturated heterocycles. The number of hydrogen-bond donors (Lipinski definition) is 2. The molecule has 0 radical (unpaired) electrons. The molecule has 4 aliphatic carbocycles. The second-order valence-corrected chi connectivity index (χ2v) is 14.0. The molecule has 234 valence electrons. The van der Waals surface area contributed by atoms with Crippen LogP contribution in [0.4, 0.5) is 4.39 Å². The standard InChI is InChI=1S/C35H34FNO7S/c1-32-14-12-23(38)19-22(32)9-10-26-25-13-15-34(31(42)43-17-16-37,33(25,2)20-29(40)35(26,32)36)44-30(41)21-8-11-28(27(39)18-21)45-24-6-4-3-5-7-24/h3-8,11-12,14,18-19,25-26,29,39-40H,9-10,13,15,17,20H2,1-2H3/t25-,26-,29-,32-,33-,34?,35?/m0/s1. The first-order chi connectivity index (χ1) is 21.4. The van der Waals surface area contributed by atoms with Crippen molar-refractivity contribution in [2.75, 3.05) is 6.61 Å². The van der Waals surface area contributed by atoms with Crippen LogP contribution in [0.15, 0.2) is 82.1 Å². The number of carbonyl (C=O) groups excluding carboxylic acids is 3. The van der Waals surface area contributed by atoms with Crippen molar-refractivity contribution in [3.8, 4) is 11.8 Å². The fourth-order valence-corrected chi connectivity index (χ4v) is 9.37. The Hall–Kier alpha value is -3.94. The zero-order valence-electron chi connectivity index (χ0n) is 25.0. The number of allylic oxidation sites excluding steroid dienone is 4. The number of nitriles is 1. The lowest BCUT2D eigenvalue weighted by Crippen LogP contribution is -2.69. The molecule has 0 spiro atoms. The molecule has 6 rings (SSSR count). The van der Waals surface area contributed by atoms with Gasteiger partial charge in [0.1, 0.15) is 11.8 Å². The van der Waals surface area contributed by atoms with Crippen LogP contribution in [0.25, 0.3) is 0 Å². The summed E-state index contributed by atoms with van der Waals surface area (Å²) in [5.74, 6) is -3.39. The molecule has 2 unspecified atom stereocenters. The summed E-state index contributed by atoms with van der Waals surface area (Å²) in [4.78, 5) is 41.1. The first-order valence-electron chi connectivity index (χ1n) is 15.0. The lowest BCUT2D eigenvalue weighted by Gasteiger charge is -2.62. The van der Waals surface area contributed by atoms with Gasteiger partial charge >= 0.3 is 11.9 Å². The van der Waals surface area contributed by atoms with Crippen LogP contribution in [0.5, 0.6) is 5.75 Å². The molecule has 7 atom stereocenters. The van der Waals surface area contributed by atoms with E-state index in [0.29, 0.717) is 29.7 Å². The van der Waals surface area contributed by atoms with Crippen LogP contribution in [0, 0.1) is 34.0 Å². The van der Waals surface area contributed by atoms with E-state index in [-0.39, 0.29) is 29.9 Å². The average Bonchev–Trinajstić information content (AvgIpc) is 3.30. The lowest BCUT2D eigenvalue weighted by molar-refractivity contribution is -0.224. The van der Waals surface area contributed by atoms with Gasteiger partial charge in [0.25, 0.3) is 0 Å². The number of hydrogen-bond acceptors (Lipinski definition) is 9. The maximum atomic E-state index is 17.5. The van der Waals surface area contributed by atoms with Crippen molar-refractivity contribution < 1.29 is 38.5 Å². The largest absolute Gasteiger partial charge is 0.507 e. The number of aliphatic hydroxyl groups is 1. The highest BCUT2D eigenvalue weighted by molar-refractivity contribution is 7.99. The van der Waals surface area contributed by atoms with Gasteiger partial charge < -0.3 is 19.7 Å². The molecule has 3 saturated carbocycles. The van der Waals surface area contributed by atoms with Crippen molar-refractivity contribution in [3.63, 3.8) is 0 Å². The number of nitrogens with zero attached hydrogens (tertiary/aromatic N) is 1. The van der Waals surface area contributed by atoms with Crippen molar-refractivity contribution in [3.05, 3.63) is 77.9 Å². The van der Waals surface area contributed by atoms with Crippen LogP contribution in [0.3, 0.4) is 0 Å². The minimum atomic E-state index is -2.13. The zero-order valence-corrected chi connectivity index (χ0v) is 25.8. The van der Waals surface area contributed by atoms with E-state index < -0.39 is 58.6 Å². The molecule has 3 fully saturated rings. The second kappa shape index (κ2) is 11.1. The van der Waals surface area contributed by atoms with Gasteiger partial charge in [-0.3, -0.25) is 4.79 Å². The summed E-state index contributed by atoms with van der Waals surface area (Å²) in [5.41, 5.74) is -5.88. The molecule has 2 N–H and O–H groups in total. The predicted molar refractivity (Wildman–Crippen MR) is 162 cm³/mol. The molecule has 2 aromatic carbocycles. The molecule has 0 bridgehead atoms. The number of ether oxygens (including phenoxy) is 2. The van der Waals surface area contributed by atoms with Crippen molar-refractivity contribution in [2.45, 2.75) is 73.1 Å². The number of benzene rings is 2. The lowest BCUT2D eigenvalue weighted by atomic mass is 9.45. The fourth-order valence-electron chi connectivity index (χ4n) is 8.52. The van der Waals surface area contributed by atoms with Gasteiger partial charge in [0.15, 0.2) is 18.1 Å². The Morgan fingerprint density at radius 2 is 1.89 bits per heavy atom. The Morgan fingerprint density at radius 3 is 2.60 bits per heavy atom. The Bertz CT molecular complexity index is 1670. The highest BCUT2D eigenvalue weighted by Gasteiger charge is 2.76. The monoisotopic (exact) mass is 631 g/mol. The van der Waals surface area contributed by atoms with Crippen molar-refractivity contribution in [2.24, 2.45) is 22.7 Å². The van der Waals surface area contributed by atoms with Crippen molar-refractivity contribution in [1.29, 1.82) is 5.26 Å². The summed E-state index contributed by atoms with van der Waals surface area (Å²) in [6, 6.07) is 15.5. The molecule has 0 amide bonds. The van der Waals surface area contributed by atoms with E-state index >= 15 is 4.39 Å². The number of ketones is 1. The molecule has 2 aromatic rings. The van der Waals surface area contributed by atoms with E-state index in [1.165, 1.54) is 36.0 Å². The number of aliphatic hydroxyl groups excluding tert-OH is 1. The van der Waals surface area contributed by atoms with Crippen LogP contribution in [0.2, 0.25) is 0 Å². The minimum absolute atomic E-state index is 0.00224. The van der Waals surface area contributed by atoms with Gasteiger partial charge in [0.05, 0.1) is 16.6 Å². The van der Waals surface area contributed by atoms with Crippen LogP contribution in [-0.4, -0.2) is 51.9 Å². The summed E-state index contributed by atoms with van der Waals surface area (Å²) < 4.78 is 28.9. The number of carbonyl (C=O) groups is 3. The zero-order chi connectivity index (χ0) is 32.2. The Labute approximate surface area is 264 Å². The molecule has 8 nitrogen and oxygen atoms in total. The van der Waals surface area contributed by atoms with Gasteiger partial charge in [-0.15, -0.1) is 0 Å². The predicted octanol–water partition coefficient (Wildman–Crippen LogP) is 5.88. The van der Waals surface area contributed by atoms with E-state index in [2.05, 4.69) is 0 Å². The van der Waals surface area contributed by atoms with Gasteiger partial charge in [-0.25, -0.2) is 14.0 Å². The summed E-state index contributed by atoms with van der Waals surface area (Å²) in [5, 5.41) is 31.6.